The summed E-state index contributed by atoms with van der Waals surface area (Å²) in [6, 6.07) is 5.18. The van der Waals surface area contributed by atoms with Crippen molar-refractivity contribution < 1.29 is 23.6 Å². The quantitative estimate of drug-likeness (QED) is 0.193. The number of hydrogen-bond acceptors (Lipinski definition) is 6. The van der Waals surface area contributed by atoms with Gasteiger partial charge >= 0.3 is 6.16 Å². The van der Waals surface area contributed by atoms with Crippen molar-refractivity contribution >= 4 is 20.2 Å². The number of carbonyl (C=O) groups is 1. The zero-order chi connectivity index (χ0) is 17.7. The Hall–Kier alpha value is -1.93. The summed E-state index contributed by atoms with van der Waals surface area (Å²) in [7, 11) is -1.86. The Labute approximate surface area is 136 Å². The Morgan fingerprint density at radius 3 is 2.22 bits per heavy atom. The highest BCUT2D eigenvalue weighted by molar-refractivity contribution is 6.74. The second kappa shape index (κ2) is 7.56. The summed E-state index contributed by atoms with van der Waals surface area (Å²) < 4.78 is 15.7. The molecule has 0 atom stereocenters. The maximum absolute atomic E-state index is 11.5. The van der Waals surface area contributed by atoms with E-state index in [1.165, 1.54) is 24.3 Å². The highest BCUT2D eigenvalue weighted by Crippen LogP contribution is 2.36. The first kappa shape index (κ1) is 19.1. The van der Waals surface area contributed by atoms with Crippen LogP contribution in [0.3, 0.4) is 0 Å². The van der Waals surface area contributed by atoms with Crippen LogP contribution in [0, 0.1) is 10.1 Å². The highest BCUT2D eigenvalue weighted by Gasteiger charge is 2.36. The Morgan fingerprint density at radius 2 is 1.74 bits per heavy atom. The van der Waals surface area contributed by atoms with E-state index < -0.39 is 19.4 Å². The Morgan fingerprint density at radius 1 is 1.17 bits per heavy atom. The van der Waals surface area contributed by atoms with E-state index in [1.807, 2.05) is 0 Å². The fourth-order valence-electron chi connectivity index (χ4n) is 1.40. The van der Waals surface area contributed by atoms with Crippen LogP contribution in [0.2, 0.25) is 18.1 Å². The predicted molar refractivity (Wildman–Crippen MR) is 88.2 cm³/mol. The van der Waals surface area contributed by atoms with E-state index in [0.29, 0.717) is 6.61 Å². The molecule has 0 radical (unpaired) electrons. The molecule has 23 heavy (non-hydrogen) atoms. The molecule has 0 saturated carbocycles. The minimum Gasteiger partial charge on any atom is -0.432 e. The summed E-state index contributed by atoms with van der Waals surface area (Å²) in [5.41, 5.74) is -0.0755. The normalized spacial score (nSPS) is 11.9. The van der Waals surface area contributed by atoms with Crippen molar-refractivity contribution in [1.82, 2.24) is 0 Å². The van der Waals surface area contributed by atoms with E-state index in [9.17, 15) is 14.9 Å². The largest absolute Gasteiger partial charge is 0.513 e. The molecule has 0 amide bonds. The predicted octanol–water partition coefficient (Wildman–Crippen LogP) is 4.13. The molecular formula is C15H23NO6Si. The van der Waals surface area contributed by atoms with E-state index in [4.69, 9.17) is 13.9 Å². The van der Waals surface area contributed by atoms with Crippen molar-refractivity contribution in [2.24, 2.45) is 0 Å². The summed E-state index contributed by atoms with van der Waals surface area (Å²) in [6.45, 7) is 11.0. The van der Waals surface area contributed by atoms with Gasteiger partial charge in [0.25, 0.3) is 5.69 Å². The molecule has 0 bridgehead atoms. The highest BCUT2D eigenvalue weighted by atomic mass is 28.4. The lowest BCUT2D eigenvalue weighted by Crippen LogP contribution is -2.41. The van der Waals surface area contributed by atoms with Crippen LogP contribution in [0.5, 0.6) is 5.75 Å². The van der Waals surface area contributed by atoms with Crippen LogP contribution >= 0.6 is 0 Å². The summed E-state index contributed by atoms with van der Waals surface area (Å²) in [5.74, 6) is 0.186. The van der Waals surface area contributed by atoms with Crippen molar-refractivity contribution in [2.75, 3.05) is 13.2 Å². The van der Waals surface area contributed by atoms with Gasteiger partial charge in [-0.25, -0.2) is 4.79 Å². The van der Waals surface area contributed by atoms with Crippen LogP contribution in [0.15, 0.2) is 24.3 Å². The maximum Gasteiger partial charge on any atom is 0.513 e. The van der Waals surface area contributed by atoms with E-state index in [1.54, 1.807) is 0 Å². The van der Waals surface area contributed by atoms with Crippen molar-refractivity contribution in [1.29, 1.82) is 0 Å². The minimum atomic E-state index is -1.86. The van der Waals surface area contributed by atoms with Crippen LogP contribution in [-0.2, 0) is 9.16 Å². The molecule has 0 aliphatic carbocycles. The summed E-state index contributed by atoms with van der Waals surface area (Å²) in [5, 5.41) is 10.6. The van der Waals surface area contributed by atoms with Gasteiger partial charge in [0.1, 0.15) is 12.4 Å². The van der Waals surface area contributed by atoms with Gasteiger partial charge < -0.3 is 13.9 Å². The second-order valence-electron chi connectivity index (χ2n) is 6.56. The third-order valence-corrected chi connectivity index (χ3v) is 8.36. The number of carbonyl (C=O) groups excluding carboxylic acids is 1. The molecule has 0 fully saturated rings. The molecule has 1 rings (SSSR count). The number of hydrogen-bond donors (Lipinski definition) is 0. The zero-order valence-corrected chi connectivity index (χ0v) is 15.1. The van der Waals surface area contributed by atoms with Gasteiger partial charge in [-0.05, 0) is 30.3 Å². The third-order valence-electron chi connectivity index (χ3n) is 3.82. The van der Waals surface area contributed by atoms with Gasteiger partial charge in [-0.3, -0.25) is 10.1 Å². The summed E-state index contributed by atoms with van der Waals surface area (Å²) >= 11 is 0. The molecule has 1 aromatic rings. The van der Waals surface area contributed by atoms with E-state index in [2.05, 4.69) is 33.9 Å². The average Bonchev–Trinajstić information content (AvgIpc) is 2.43. The first-order valence-corrected chi connectivity index (χ1v) is 10.2. The number of nitro benzene ring substituents is 1. The van der Waals surface area contributed by atoms with Crippen LogP contribution in [0.25, 0.3) is 0 Å². The molecule has 0 unspecified atom stereocenters. The average molecular weight is 341 g/mol. The molecule has 8 heteroatoms. The molecule has 0 aliphatic heterocycles. The minimum absolute atomic E-state index is 0.0755. The van der Waals surface area contributed by atoms with Crippen molar-refractivity contribution in [3.63, 3.8) is 0 Å². The van der Waals surface area contributed by atoms with Crippen molar-refractivity contribution in [3.8, 4) is 5.75 Å². The number of non-ortho nitro benzene ring substituents is 1. The molecule has 1 aromatic carbocycles. The van der Waals surface area contributed by atoms with Gasteiger partial charge in [0.05, 0.1) is 11.5 Å². The smallest absolute Gasteiger partial charge is 0.432 e. The lowest BCUT2D eigenvalue weighted by atomic mass is 10.2. The van der Waals surface area contributed by atoms with E-state index >= 15 is 0 Å². The fourth-order valence-corrected chi connectivity index (χ4v) is 2.43. The SMILES string of the molecule is CC(C)(C)[Si](C)(C)OCCOC(=O)Oc1ccc([N+](=O)[O-])cc1. The number of benzene rings is 1. The second-order valence-corrected chi connectivity index (χ2v) is 11.4. The number of nitro groups is 1. The number of rotatable bonds is 6. The van der Waals surface area contributed by atoms with E-state index in [0.717, 1.165) is 0 Å². The van der Waals surface area contributed by atoms with Crippen molar-refractivity contribution in [3.05, 3.63) is 34.4 Å². The number of ether oxygens (including phenoxy) is 2. The molecule has 0 saturated heterocycles. The first-order valence-electron chi connectivity index (χ1n) is 7.26. The molecule has 0 spiro atoms. The maximum atomic E-state index is 11.5. The van der Waals surface area contributed by atoms with Crippen LogP contribution in [0.4, 0.5) is 10.5 Å². The van der Waals surface area contributed by atoms with Crippen LogP contribution in [-0.4, -0.2) is 32.6 Å². The lowest BCUT2D eigenvalue weighted by Gasteiger charge is -2.35. The van der Waals surface area contributed by atoms with Gasteiger partial charge in [0, 0.05) is 12.1 Å². The summed E-state index contributed by atoms with van der Waals surface area (Å²) in [6.07, 6.45) is -0.863. The lowest BCUT2D eigenvalue weighted by molar-refractivity contribution is -0.384. The van der Waals surface area contributed by atoms with Gasteiger partial charge in [-0.15, -0.1) is 0 Å². The molecular weight excluding hydrogens is 318 g/mol. The molecule has 7 nitrogen and oxygen atoms in total. The van der Waals surface area contributed by atoms with Crippen LogP contribution < -0.4 is 4.74 Å². The third kappa shape index (κ3) is 5.99. The van der Waals surface area contributed by atoms with Gasteiger partial charge in [-0.1, -0.05) is 20.8 Å². The van der Waals surface area contributed by atoms with Gasteiger partial charge in [-0.2, -0.15) is 0 Å². The molecule has 128 valence electrons. The van der Waals surface area contributed by atoms with Crippen molar-refractivity contribution in [2.45, 2.75) is 38.9 Å². The molecule has 0 heterocycles. The van der Waals surface area contributed by atoms with Gasteiger partial charge in [0.15, 0.2) is 8.32 Å². The van der Waals surface area contributed by atoms with E-state index in [-0.39, 0.29) is 23.1 Å². The Kier molecular flexibility index (Phi) is 6.28. The Bertz CT molecular complexity index is 550. The first-order chi connectivity index (χ1) is 10.5. The topological polar surface area (TPSA) is 87.9 Å². The van der Waals surface area contributed by atoms with Crippen LogP contribution in [0.1, 0.15) is 20.8 Å². The monoisotopic (exact) mass is 341 g/mol. The molecule has 0 aliphatic rings. The molecule has 0 N–H and O–H groups in total. The summed E-state index contributed by atoms with van der Waals surface area (Å²) in [4.78, 5) is 21.5. The fraction of sp³-hybridized carbons (Fsp3) is 0.533. The zero-order valence-electron chi connectivity index (χ0n) is 14.1. The molecule has 0 aromatic heterocycles. The standard InChI is InChI=1S/C15H23NO6Si/c1-15(2,3)23(4,5)21-11-10-20-14(17)22-13-8-6-12(7-9-13)16(18)19/h6-9H,10-11H2,1-5H3. The Balaban J connectivity index is 2.36. The van der Waals surface area contributed by atoms with Gasteiger partial charge in [0.2, 0.25) is 0 Å². The number of nitrogens with zero attached hydrogens (tertiary/aromatic N) is 1.